The normalized spacial score (nSPS) is 10.1. The Morgan fingerprint density at radius 1 is 1.39 bits per heavy atom. The molecule has 0 unspecified atom stereocenters. The molecule has 1 aromatic heterocycles. The molecule has 0 saturated carbocycles. The Labute approximate surface area is 108 Å². The topological polar surface area (TPSA) is 81.0 Å². The monoisotopic (exact) mass is 264 g/mol. The highest BCUT2D eigenvalue weighted by atomic mass is 35.5. The van der Waals surface area contributed by atoms with Crippen LogP contribution < -0.4 is 5.32 Å². The second-order valence-electron chi connectivity index (χ2n) is 3.45. The molecular weight excluding hydrogens is 256 g/mol. The minimum atomic E-state index is -0.509. The van der Waals surface area contributed by atoms with Crippen molar-refractivity contribution in [2.75, 3.05) is 5.32 Å². The number of nitro groups is 1. The third-order valence-corrected chi connectivity index (χ3v) is 2.58. The van der Waals surface area contributed by atoms with Crippen molar-refractivity contribution in [2.45, 2.75) is 6.54 Å². The molecule has 92 valence electrons. The van der Waals surface area contributed by atoms with Gasteiger partial charge in [-0.25, -0.2) is 9.97 Å². The molecular formula is C11H9ClN4O2. The van der Waals surface area contributed by atoms with E-state index in [1.165, 1.54) is 12.4 Å². The summed E-state index contributed by atoms with van der Waals surface area (Å²) in [6.07, 6.45) is 3.03. The fourth-order valence-electron chi connectivity index (χ4n) is 1.45. The predicted octanol–water partition coefficient (Wildman–Crippen LogP) is 2.65. The molecule has 2 aromatic rings. The number of anilines is 1. The van der Waals surface area contributed by atoms with Crippen molar-refractivity contribution in [3.05, 3.63) is 57.6 Å². The second kappa shape index (κ2) is 5.42. The maximum Gasteiger partial charge on any atom is 0.310 e. The van der Waals surface area contributed by atoms with Gasteiger partial charge in [-0.05, 0) is 18.2 Å². The van der Waals surface area contributed by atoms with Gasteiger partial charge < -0.3 is 5.32 Å². The van der Waals surface area contributed by atoms with Crippen molar-refractivity contribution in [2.24, 2.45) is 0 Å². The van der Waals surface area contributed by atoms with Crippen LogP contribution in [0.1, 0.15) is 5.69 Å². The lowest BCUT2D eigenvalue weighted by molar-refractivity contribution is -0.383. The summed E-state index contributed by atoms with van der Waals surface area (Å²) in [6.45, 7) is 0.365. The molecule has 0 aliphatic rings. The van der Waals surface area contributed by atoms with E-state index in [1.807, 2.05) is 0 Å². The van der Waals surface area contributed by atoms with Crippen LogP contribution in [0.2, 0.25) is 5.02 Å². The number of nitro benzene ring substituents is 1. The Morgan fingerprint density at radius 3 is 2.89 bits per heavy atom. The van der Waals surface area contributed by atoms with Gasteiger partial charge in [-0.1, -0.05) is 17.7 Å². The molecule has 0 fully saturated rings. The molecule has 7 heteroatoms. The second-order valence-corrected chi connectivity index (χ2v) is 3.85. The molecule has 0 atom stereocenters. The van der Waals surface area contributed by atoms with E-state index in [2.05, 4.69) is 15.3 Å². The van der Waals surface area contributed by atoms with E-state index in [-0.39, 0.29) is 10.7 Å². The minimum absolute atomic E-state index is 0.104. The van der Waals surface area contributed by atoms with Crippen molar-refractivity contribution in [3.8, 4) is 0 Å². The lowest BCUT2D eigenvalue weighted by Crippen LogP contribution is -2.04. The van der Waals surface area contributed by atoms with E-state index in [1.54, 1.807) is 24.4 Å². The molecule has 1 aromatic carbocycles. The molecule has 0 aliphatic carbocycles. The predicted molar refractivity (Wildman–Crippen MR) is 67.5 cm³/mol. The summed E-state index contributed by atoms with van der Waals surface area (Å²) in [5.41, 5.74) is 0.971. The van der Waals surface area contributed by atoms with E-state index < -0.39 is 4.92 Å². The first kappa shape index (κ1) is 12.3. The average Bonchev–Trinajstić information content (AvgIpc) is 2.37. The van der Waals surface area contributed by atoms with Crippen LogP contribution in [-0.2, 0) is 6.54 Å². The fraction of sp³-hybridized carbons (Fsp3) is 0.0909. The summed E-state index contributed by atoms with van der Waals surface area (Å²) in [5.74, 6) is 0. The van der Waals surface area contributed by atoms with Gasteiger partial charge in [0.05, 0.1) is 17.2 Å². The van der Waals surface area contributed by atoms with Crippen LogP contribution in [0.3, 0.4) is 0 Å². The summed E-state index contributed by atoms with van der Waals surface area (Å²) >= 11 is 5.80. The first-order chi connectivity index (χ1) is 8.68. The van der Waals surface area contributed by atoms with E-state index in [4.69, 9.17) is 11.6 Å². The molecule has 6 nitrogen and oxygen atoms in total. The first-order valence-corrected chi connectivity index (χ1v) is 5.48. The van der Waals surface area contributed by atoms with Crippen LogP contribution in [0.5, 0.6) is 0 Å². The molecule has 0 spiro atoms. The number of aromatic nitrogens is 2. The quantitative estimate of drug-likeness (QED) is 0.678. The van der Waals surface area contributed by atoms with Crippen molar-refractivity contribution in [3.63, 3.8) is 0 Å². The number of nitrogens with zero attached hydrogens (tertiary/aromatic N) is 3. The lowest BCUT2D eigenvalue weighted by atomic mass is 10.2. The summed E-state index contributed by atoms with van der Waals surface area (Å²) in [7, 11) is 0. The van der Waals surface area contributed by atoms with Crippen LogP contribution in [0, 0.1) is 10.1 Å². The maximum absolute atomic E-state index is 10.9. The van der Waals surface area contributed by atoms with Crippen molar-refractivity contribution in [1.82, 2.24) is 9.97 Å². The highest BCUT2D eigenvalue weighted by Crippen LogP contribution is 2.32. The standard InChI is InChI=1S/C11H9ClN4O2/c12-9-2-1-3-10(11(9)16(17)18)14-6-8-4-5-13-7-15-8/h1-5,7,14H,6H2. The van der Waals surface area contributed by atoms with Crippen LogP contribution in [-0.4, -0.2) is 14.9 Å². The Morgan fingerprint density at radius 2 is 2.22 bits per heavy atom. The van der Waals surface area contributed by atoms with Crippen LogP contribution in [0.25, 0.3) is 0 Å². The van der Waals surface area contributed by atoms with E-state index in [0.717, 1.165) is 5.69 Å². The van der Waals surface area contributed by atoms with Gasteiger partial charge in [-0.3, -0.25) is 10.1 Å². The third kappa shape index (κ3) is 2.72. The van der Waals surface area contributed by atoms with Crippen molar-refractivity contribution < 1.29 is 4.92 Å². The van der Waals surface area contributed by atoms with Gasteiger partial charge in [0.1, 0.15) is 17.0 Å². The SMILES string of the molecule is O=[N+]([O-])c1c(Cl)cccc1NCc1ccncn1. The molecule has 0 amide bonds. The van der Waals surface area contributed by atoms with Crippen LogP contribution in [0.15, 0.2) is 36.8 Å². The summed E-state index contributed by atoms with van der Waals surface area (Å²) in [6, 6.07) is 6.46. The largest absolute Gasteiger partial charge is 0.374 e. The molecule has 0 aliphatic heterocycles. The fourth-order valence-corrected chi connectivity index (χ4v) is 1.70. The number of para-hydroxylation sites is 1. The van der Waals surface area contributed by atoms with E-state index in [0.29, 0.717) is 12.2 Å². The molecule has 1 N–H and O–H groups in total. The van der Waals surface area contributed by atoms with Gasteiger partial charge in [0.25, 0.3) is 0 Å². The zero-order chi connectivity index (χ0) is 13.0. The number of hydrogen-bond donors (Lipinski definition) is 1. The molecule has 18 heavy (non-hydrogen) atoms. The number of halogens is 1. The molecule has 1 heterocycles. The van der Waals surface area contributed by atoms with E-state index in [9.17, 15) is 10.1 Å². The van der Waals surface area contributed by atoms with Gasteiger partial charge in [0, 0.05) is 6.20 Å². The van der Waals surface area contributed by atoms with Gasteiger partial charge in [0.2, 0.25) is 0 Å². The summed E-state index contributed by atoms with van der Waals surface area (Å²) in [4.78, 5) is 18.2. The molecule has 0 bridgehead atoms. The molecule has 0 saturated heterocycles. The van der Waals surface area contributed by atoms with E-state index >= 15 is 0 Å². The Balaban J connectivity index is 2.20. The summed E-state index contributed by atoms with van der Waals surface area (Å²) in [5, 5.41) is 13.9. The van der Waals surface area contributed by atoms with Gasteiger partial charge in [-0.15, -0.1) is 0 Å². The Hall–Kier alpha value is -2.21. The zero-order valence-corrected chi connectivity index (χ0v) is 9.96. The Kier molecular flexibility index (Phi) is 3.69. The van der Waals surface area contributed by atoms with Gasteiger partial charge in [0.15, 0.2) is 0 Å². The Bertz CT molecular complexity index is 562. The number of benzene rings is 1. The third-order valence-electron chi connectivity index (χ3n) is 2.27. The van der Waals surface area contributed by atoms with Gasteiger partial charge >= 0.3 is 5.69 Å². The van der Waals surface area contributed by atoms with Crippen LogP contribution in [0.4, 0.5) is 11.4 Å². The number of hydrogen-bond acceptors (Lipinski definition) is 5. The zero-order valence-electron chi connectivity index (χ0n) is 9.21. The first-order valence-electron chi connectivity index (χ1n) is 5.10. The van der Waals surface area contributed by atoms with Gasteiger partial charge in [-0.2, -0.15) is 0 Å². The lowest BCUT2D eigenvalue weighted by Gasteiger charge is -2.07. The smallest absolute Gasteiger partial charge is 0.310 e. The molecule has 2 rings (SSSR count). The average molecular weight is 265 g/mol. The van der Waals surface area contributed by atoms with Crippen LogP contribution >= 0.6 is 11.6 Å². The van der Waals surface area contributed by atoms with Crippen molar-refractivity contribution >= 4 is 23.0 Å². The number of rotatable bonds is 4. The number of nitrogens with one attached hydrogen (secondary N) is 1. The summed E-state index contributed by atoms with van der Waals surface area (Å²) < 4.78 is 0. The minimum Gasteiger partial charge on any atom is -0.374 e. The maximum atomic E-state index is 10.9. The molecule has 0 radical (unpaired) electrons. The highest BCUT2D eigenvalue weighted by Gasteiger charge is 2.17. The highest BCUT2D eigenvalue weighted by molar-refractivity contribution is 6.33. The van der Waals surface area contributed by atoms with Crippen molar-refractivity contribution in [1.29, 1.82) is 0 Å².